The van der Waals surface area contributed by atoms with Crippen LogP contribution in [0, 0.1) is 11.3 Å². The highest BCUT2D eigenvalue weighted by atomic mass is 19.4. The minimum absolute atomic E-state index is 0.0323. The van der Waals surface area contributed by atoms with E-state index in [9.17, 15) is 18.4 Å². The number of rotatable bonds is 11. The molecule has 0 atom stereocenters. The standard InChI is InChI=1S/C30H35F3N10O/c1-2-3-11-35-15-21-13-25(41-28(40-21)30(31,32)33)44-23-6-4-22(5-7-23)42-17-29(18-42,9-10-34)43-16-20(14-39-43)26-24-8-12-36-27(24)38-19-37-26/h8,12-14,16,19,22-23,35H,2-7,9,11,15,17-18H2,1H3,(H,36,37,38). The van der Waals surface area contributed by atoms with E-state index in [0.717, 1.165) is 48.0 Å². The van der Waals surface area contributed by atoms with Crippen molar-refractivity contribution in [1.29, 1.82) is 5.26 Å². The zero-order valence-corrected chi connectivity index (χ0v) is 24.5. The summed E-state index contributed by atoms with van der Waals surface area (Å²) in [5.41, 5.74) is 2.24. The molecule has 4 aromatic heterocycles. The van der Waals surface area contributed by atoms with Gasteiger partial charge >= 0.3 is 6.18 Å². The smallest absolute Gasteiger partial charge is 0.451 e. The first-order valence-corrected chi connectivity index (χ1v) is 15.0. The molecule has 232 valence electrons. The molecule has 14 heteroatoms. The molecular weight excluding hydrogens is 573 g/mol. The number of nitrogens with zero attached hydrogens (tertiary/aromatic N) is 8. The van der Waals surface area contributed by atoms with Crippen molar-refractivity contribution in [3.8, 4) is 23.2 Å². The summed E-state index contributed by atoms with van der Waals surface area (Å²) in [7, 11) is 0. The number of hydrogen-bond donors (Lipinski definition) is 2. The Bertz CT molecular complexity index is 1610. The lowest BCUT2D eigenvalue weighted by atomic mass is 9.82. The Morgan fingerprint density at radius 3 is 2.75 bits per heavy atom. The molecule has 44 heavy (non-hydrogen) atoms. The minimum Gasteiger partial charge on any atom is -0.474 e. The van der Waals surface area contributed by atoms with Crippen LogP contribution in [0.2, 0.25) is 0 Å². The molecule has 1 saturated carbocycles. The maximum absolute atomic E-state index is 13.5. The van der Waals surface area contributed by atoms with E-state index in [4.69, 9.17) is 4.74 Å². The van der Waals surface area contributed by atoms with Crippen LogP contribution in [0.5, 0.6) is 5.88 Å². The van der Waals surface area contributed by atoms with Gasteiger partial charge in [-0.2, -0.15) is 28.5 Å². The molecule has 4 aromatic rings. The predicted molar refractivity (Wildman–Crippen MR) is 155 cm³/mol. The van der Waals surface area contributed by atoms with Crippen molar-refractivity contribution in [3.63, 3.8) is 0 Å². The number of unbranched alkanes of at least 4 members (excludes halogenated alkanes) is 1. The monoisotopic (exact) mass is 608 g/mol. The molecule has 2 aliphatic rings. The Kier molecular flexibility index (Phi) is 8.50. The highest BCUT2D eigenvalue weighted by Crippen LogP contribution is 2.39. The van der Waals surface area contributed by atoms with E-state index in [1.807, 2.05) is 23.1 Å². The van der Waals surface area contributed by atoms with E-state index in [2.05, 4.69) is 53.2 Å². The first kappa shape index (κ1) is 30.0. The quantitative estimate of drug-likeness (QED) is 0.230. The number of ether oxygens (including phenoxy) is 1. The second-order valence-corrected chi connectivity index (χ2v) is 11.7. The summed E-state index contributed by atoms with van der Waals surface area (Å²) in [6.07, 6.45) is 7.55. The minimum atomic E-state index is -4.65. The molecule has 1 saturated heterocycles. The fraction of sp³-hybridized carbons (Fsp3) is 0.533. The van der Waals surface area contributed by atoms with Crippen molar-refractivity contribution in [2.24, 2.45) is 0 Å². The maximum Gasteiger partial charge on any atom is 0.451 e. The molecule has 0 unspecified atom stereocenters. The summed E-state index contributed by atoms with van der Waals surface area (Å²) in [5, 5.41) is 18.4. The third-order valence-electron chi connectivity index (χ3n) is 8.57. The van der Waals surface area contributed by atoms with E-state index in [1.165, 1.54) is 12.4 Å². The van der Waals surface area contributed by atoms with E-state index >= 15 is 0 Å². The highest BCUT2D eigenvalue weighted by molar-refractivity contribution is 5.90. The molecule has 2 N–H and O–H groups in total. The molecule has 0 aromatic carbocycles. The molecule has 0 bridgehead atoms. The number of hydrogen-bond acceptors (Lipinski definition) is 9. The van der Waals surface area contributed by atoms with Crippen molar-refractivity contribution >= 4 is 11.0 Å². The molecule has 5 heterocycles. The van der Waals surface area contributed by atoms with E-state index in [1.54, 1.807) is 6.20 Å². The molecule has 0 amide bonds. The molecule has 1 aliphatic heterocycles. The van der Waals surface area contributed by atoms with E-state index in [0.29, 0.717) is 44.9 Å². The van der Waals surface area contributed by atoms with E-state index in [-0.39, 0.29) is 24.2 Å². The summed E-state index contributed by atoms with van der Waals surface area (Å²) >= 11 is 0. The van der Waals surface area contributed by atoms with Crippen molar-refractivity contribution < 1.29 is 17.9 Å². The summed E-state index contributed by atoms with van der Waals surface area (Å²) in [5.74, 6) is -1.21. The van der Waals surface area contributed by atoms with Crippen LogP contribution in [0.15, 0.2) is 37.1 Å². The Labute approximate surface area is 252 Å². The molecule has 2 fully saturated rings. The Morgan fingerprint density at radius 2 is 2.00 bits per heavy atom. The lowest BCUT2D eigenvalue weighted by Crippen LogP contribution is -2.65. The van der Waals surface area contributed by atoms with Gasteiger partial charge in [-0.3, -0.25) is 9.58 Å². The molecule has 11 nitrogen and oxygen atoms in total. The summed E-state index contributed by atoms with van der Waals surface area (Å²) in [4.78, 5) is 21.6. The van der Waals surface area contributed by atoms with Gasteiger partial charge in [0.2, 0.25) is 11.7 Å². The lowest BCUT2D eigenvalue weighted by Gasteiger charge is -2.53. The number of fused-ring (bicyclic) bond motifs is 1. The van der Waals surface area contributed by atoms with Crippen molar-refractivity contribution in [3.05, 3.63) is 48.6 Å². The van der Waals surface area contributed by atoms with Crippen LogP contribution in [-0.2, 0) is 18.3 Å². The first-order chi connectivity index (χ1) is 21.3. The largest absolute Gasteiger partial charge is 0.474 e. The molecule has 1 aliphatic carbocycles. The van der Waals surface area contributed by atoms with Gasteiger partial charge in [-0.05, 0) is 44.7 Å². The van der Waals surface area contributed by atoms with Crippen LogP contribution >= 0.6 is 0 Å². The third-order valence-corrected chi connectivity index (χ3v) is 8.57. The van der Waals surface area contributed by atoms with Crippen LogP contribution in [0.4, 0.5) is 13.2 Å². The third kappa shape index (κ3) is 6.25. The van der Waals surface area contributed by atoms with Crippen LogP contribution < -0.4 is 10.1 Å². The van der Waals surface area contributed by atoms with Gasteiger partial charge in [0, 0.05) is 55.1 Å². The Morgan fingerprint density at radius 1 is 1.18 bits per heavy atom. The number of nitrogens with one attached hydrogen (secondary N) is 2. The van der Waals surface area contributed by atoms with Crippen LogP contribution in [0.25, 0.3) is 22.3 Å². The summed E-state index contributed by atoms with van der Waals surface area (Å²) in [6.45, 7) is 4.36. The summed E-state index contributed by atoms with van der Waals surface area (Å²) in [6, 6.07) is 6.08. The fourth-order valence-electron chi connectivity index (χ4n) is 6.23. The average molecular weight is 609 g/mol. The van der Waals surface area contributed by atoms with E-state index < -0.39 is 17.5 Å². The summed E-state index contributed by atoms with van der Waals surface area (Å²) < 4.78 is 48.4. The number of aromatic amines is 1. The van der Waals surface area contributed by atoms with Crippen LogP contribution in [0.1, 0.15) is 63.4 Å². The zero-order valence-electron chi connectivity index (χ0n) is 24.5. The second kappa shape index (κ2) is 12.5. The van der Waals surface area contributed by atoms with Gasteiger partial charge < -0.3 is 15.0 Å². The highest BCUT2D eigenvalue weighted by Gasteiger charge is 2.48. The van der Waals surface area contributed by atoms with Gasteiger partial charge in [0.1, 0.15) is 23.6 Å². The topological polar surface area (TPSA) is 133 Å². The fourth-order valence-corrected chi connectivity index (χ4v) is 6.23. The predicted octanol–water partition coefficient (Wildman–Crippen LogP) is 4.83. The van der Waals surface area contributed by atoms with Gasteiger partial charge in [0.15, 0.2) is 0 Å². The number of aromatic nitrogens is 7. The van der Waals surface area contributed by atoms with Crippen molar-refractivity contribution in [2.45, 2.75) is 82.3 Å². The van der Waals surface area contributed by atoms with Gasteiger partial charge in [0.05, 0.1) is 30.1 Å². The average Bonchev–Trinajstić information content (AvgIpc) is 3.68. The SMILES string of the molecule is CCCCNCc1cc(OC2CCC(N3CC(CC#N)(n4cc(-c5ncnc6[nH]ccc56)cn4)C3)CC2)nc(C(F)(F)F)n1. The lowest BCUT2D eigenvalue weighted by molar-refractivity contribution is -0.145. The van der Waals surface area contributed by atoms with Crippen molar-refractivity contribution in [1.82, 2.24) is 44.9 Å². The van der Waals surface area contributed by atoms with Gasteiger partial charge in [-0.15, -0.1) is 0 Å². The molecule has 0 spiro atoms. The molecular formula is C30H35F3N10O. The van der Waals surface area contributed by atoms with Crippen LogP contribution in [0.3, 0.4) is 0 Å². The van der Waals surface area contributed by atoms with Gasteiger partial charge in [0.25, 0.3) is 0 Å². The normalized spacial score (nSPS) is 20.3. The van der Waals surface area contributed by atoms with Crippen LogP contribution in [-0.4, -0.2) is 71.4 Å². The van der Waals surface area contributed by atoms with Gasteiger partial charge in [-0.1, -0.05) is 13.3 Å². The maximum atomic E-state index is 13.5. The first-order valence-electron chi connectivity index (χ1n) is 15.0. The second-order valence-electron chi connectivity index (χ2n) is 11.7. The number of alkyl halides is 3. The number of halogens is 3. The molecule has 6 rings (SSSR count). The zero-order chi connectivity index (χ0) is 30.7. The Hall–Kier alpha value is -4.09. The van der Waals surface area contributed by atoms with Crippen molar-refractivity contribution in [2.75, 3.05) is 19.6 Å². The molecule has 0 radical (unpaired) electrons. The number of nitriles is 1. The number of H-pyrrole nitrogens is 1. The Balaban J connectivity index is 1.07. The van der Waals surface area contributed by atoms with Gasteiger partial charge in [-0.25, -0.2) is 15.0 Å². The number of likely N-dealkylation sites (tertiary alicyclic amines) is 1.